The lowest BCUT2D eigenvalue weighted by Gasteiger charge is -2.56. The third-order valence-corrected chi connectivity index (χ3v) is 7.82. The van der Waals surface area contributed by atoms with E-state index in [4.69, 9.17) is 13.7 Å². The number of nitrogens with zero attached hydrogens (tertiary/aromatic N) is 2. The van der Waals surface area contributed by atoms with E-state index in [1.165, 1.54) is 25.5 Å². The Morgan fingerprint density at radius 2 is 1.84 bits per heavy atom. The van der Waals surface area contributed by atoms with Gasteiger partial charge in [0.2, 0.25) is 0 Å². The number of aromatic nitrogens is 2. The normalized spacial score (nSPS) is 29.4. The topological polar surface area (TPSA) is 95.4 Å². The van der Waals surface area contributed by atoms with E-state index in [1.54, 1.807) is 32.0 Å². The molecule has 4 saturated carbocycles. The molecular weight excluding hydrogens is 408 g/mol. The summed E-state index contributed by atoms with van der Waals surface area (Å²) in [6.07, 6.45) is 7.38. The van der Waals surface area contributed by atoms with E-state index in [0.29, 0.717) is 40.3 Å². The molecule has 4 aliphatic carbocycles. The summed E-state index contributed by atoms with van der Waals surface area (Å²) in [4.78, 5) is 31.3. The summed E-state index contributed by atoms with van der Waals surface area (Å²) in [5.74, 6) is 1.99. The second-order valence-electron chi connectivity index (χ2n) is 10.1. The van der Waals surface area contributed by atoms with Gasteiger partial charge in [0.1, 0.15) is 5.69 Å². The zero-order valence-electron chi connectivity index (χ0n) is 18.3. The average molecular weight is 434 g/mol. The first kappa shape index (κ1) is 19.7. The molecule has 7 heteroatoms. The predicted molar refractivity (Wildman–Crippen MR) is 115 cm³/mol. The van der Waals surface area contributed by atoms with Gasteiger partial charge in [0, 0.05) is 5.41 Å². The van der Waals surface area contributed by atoms with Crippen LogP contribution in [0.15, 0.2) is 33.4 Å². The van der Waals surface area contributed by atoms with Gasteiger partial charge in [-0.2, -0.15) is 0 Å². The molecule has 4 bridgehead atoms. The van der Waals surface area contributed by atoms with Gasteiger partial charge in [0.05, 0.1) is 22.9 Å². The molecule has 166 valence electrons. The van der Waals surface area contributed by atoms with Crippen LogP contribution in [0.5, 0.6) is 0 Å². The first-order chi connectivity index (χ1) is 15.4. The first-order valence-electron chi connectivity index (χ1n) is 11.5. The number of furan rings is 1. The Bertz CT molecular complexity index is 1170. The van der Waals surface area contributed by atoms with Crippen LogP contribution in [-0.4, -0.2) is 28.0 Å². The molecule has 3 heterocycles. The fraction of sp³-hybridized carbons (Fsp3) is 0.520. The zero-order chi connectivity index (χ0) is 22.0. The van der Waals surface area contributed by atoms with Gasteiger partial charge in [-0.15, -0.1) is 0 Å². The van der Waals surface area contributed by atoms with Gasteiger partial charge in [-0.3, -0.25) is 4.79 Å². The number of hydrogen-bond acceptors (Lipinski definition) is 7. The molecular formula is C25H26N2O5. The summed E-state index contributed by atoms with van der Waals surface area (Å²) in [5.41, 5.74) is 1.21. The van der Waals surface area contributed by atoms with Crippen LogP contribution in [0, 0.1) is 30.1 Å². The number of carbonyl (C=O) groups excluding carboxylic acids is 2. The van der Waals surface area contributed by atoms with Gasteiger partial charge >= 0.3 is 5.97 Å². The molecule has 0 radical (unpaired) electrons. The summed E-state index contributed by atoms with van der Waals surface area (Å²) >= 11 is 0. The highest BCUT2D eigenvalue weighted by Crippen LogP contribution is 2.60. The maximum absolute atomic E-state index is 13.6. The smallest absolute Gasteiger partial charge is 0.339 e. The van der Waals surface area contributed by atoms with Gasteiger partial charge in [-0.25, -0.2) is 9.78 Å². The van der Waals surface area contributed by atoms with E-state index < -0.39 is 12.1 Å². The van der Waals surface area contributed by atoms with E-state index in [-0.39, 0.29) is 22.5 Å². The highest BCUT2D eigenvalue weighted by Gasteiger charge is 2.55. The summed E-state index contributed by atoms with van der Waals surface area (Å²) < 4.78 is 16.5. The number of fused-ring (bicyclic) bond motifs is 1. The zero-order valence-corrected chi connectivity index (χ0v) is 18.3. The van der Waals surface area contributed by atoms with Gasteiger partial charge in [0.25, 0.3) is 5.71 Å². The van der Waals surface area contributed by atoms with Crippen molar-refractivity contribution in [3.63, 3.8) is 0 Å². The molecule has 1 atom stereocenters. The van der Waals surface area contributed by atoms with Crippen LogP contribution in [0.2, 0.25) is 0 Å². The second kappa shape index (κ2) is 7.02. The van der Waals surface area contributed by atoms with Crippen molar-refractivity contribution >= 4 is 22.9 Å². The number of carbonyl (C=O) groups is 2. The van der Waals surface area contributed by atoms with Crippen LogP contribution in [0.4, 0.5) is 0 Å². The predicted octanol–water partition coefficient (Wildman–Crippen LogP) is 5.12. The minimum absolute atomic E-state index is 0.0866. The van der Waals surface area contributed by atoms with E-state index in [1.807, 2.05) is 0 Å². The first-order valence-corrected chi connectivity index (χ1v) is 11.5. The Kier molecular flexibility index (Phi) is 4.32. The maximum Gasteiger partial charge on any atom is 0.339 e. The Balaban J connectivity index is 1.29. The monoisotopic (exact) mass is 434 g/mol. The average Bonchev–Trinajstić information content (AvgIpc) is 3.42. The van der Waals surface area contributed by atoms with Crippen LogP contribution in [0.3, 0.4) is 0 Å². The summed E-state index contributed by atoms with van der Waals surface area (Å²) in [7, 11) is 0. The molecule has 3 aromatic heterocycles. The molecule has 4 fully saturated rings. The number of pyridine rings is 1. The molecule has 0 saturated heterocycles. The molecule has 0 amide bonds. The van der Waals surface area contributed by atoms with Gasteiger partial charge in [-0.1, -0.05) is 5.16 Å². The third-order valence-electron chi connectivity index (χ3n) is 7.82. The SMILES string of the molecule is Cc1noc2nc(-c3ccco3)cc(C(=O)OC(C)C(=O)C34CC5CC(CC(C5)C3)C4)c12. The van der Waals surface area contributed by atoms with Crippen molar-refractivity contribution in [3.8, 4) is 11.5 Å². The highest BCUT2D eigenvalue weighted by atomic mass is 16.5. The maximum atomic E-state index is 13.6. The minimum Gasteiger partial charge on any atom is -0.463 e. The quantitative estimate of drug-likeness (QED) is 0.514. The number of aryl methyl sites for hydroxylation is 1. The lowest BCUT2D eigenvalue weighted by Crippen LogP contribution is -2.52. The van der Waals surface area contributed by atoms with Gasteiger partial charge in [-0.05, 0) is 88.3 Å². The molecule has 4 aliphatic rings. The van der Waals surface area contributed by atoms with Gasteiger partial charge in [0.15, 0.2) is 17.6 Å². The van der Waals surface area contributed by atoms with E-state index in [9.17, 15) is 9.59 Å². The number of hydrogen-bond donors (Lipinski definition) is 0. The molecule has 0 spiro atoms. The van der Waals surface area contributed by atoms with Crippen LogP contribution < -0.4 is 0 Å². The second-order valence-corrected chi connectivity index (χ2v) is 10.1. The Morgan fingerprint density at radius 3 is 2.47 bits per heavy atom. The van der Waals surface area contributed by atoms with Crippen molar-refractivity contribution in [1.82, 2.24) is 10.1 Å². The minimum atomic E-state index is -0.797. The van der Waals surface area contributed by atoms with Crippen molar-refractivity contribution in [2.45, 2.75) is 58.5 Å². The third kappa shape index (κ3) is 3.01. The Labute approximate surface area is 185 Å². The lowest BCUT2D eigenvalue weighted by molar-refractivity contribution is -0.152. The number of Topliss-reactive ketones (excluding diaryl/α,β-unsaturated/α-hetero) is 1. The number of rotatable bonds is 5. The Hall–Kier alpha value is -2.96. The molecule has 1 unspecified atom stereocenters. The molecule has 7 nitrogen and oxygen atoms in total. The molecule has 0 N–H and O–H groups in total. The lowest BCUT2D eigenvalue weighted by atomic mass is 9.48. The fourth-order valence-electron chi connectivity index (χ4n) is 6.93. The van der Waals surface area contributed by atoms with Crippen LogP contribution in [0.1, 0.15) is 61.5 Å². The summed E-state index contributed by atoms with van der Waals surface area (Å²) in [6, 6.07) is 5.12. The van der Waals surface area contributed by atoms with Crippen molar-refractivity contribution in [2.24, 2.45) is 23.2 Å². The van der Waals surface area contributed by atoms with Crippen molar-refractivity contribution in [1.29, 1.82) is 0 Å². The van der Waals surface area contributed by atoms with Crippen LogP contribution in [-0.2, 0) is 9.53 Å². The summed E-state index contributed by atoms with van der Waals surface area (Å²) in [5, 5.41) is 4.46. The Morgan fingerprint density at radius 1 is 1.16 bits per heavy atom. The molecule has 32 heavy (non-hydrogen) atoms. The molecule has 0 aliphatic heterocycles. The fourth-order valence-corrected chi connectivity index (χ4v) is 6.93. The standard InChI is InChI=1S/C25H26N2O5/c1-13-21-18(9-19(20-4-3-5-30-20)26-23(21)32-27-13)24(29)31-14(2)22(28)25-10-15-6-16(11-25)8-17(7-15)12-25/h3-5,9,14-17H,6-8,10-12H2,1-2H3. The number of ether oxygens (including phenoxy) is 1. The van der Waals surface area contributed by atoms with E-state index in [0.717, 1.165) is 19.3 Å². The van der Waals surface area contributed by atoms with Crippen LogP contribution in [0.25, 0.3) is 22.6 Å². The van der Waals surface area contributed by atoms with Crippen molar-refractivity contribution < 1.29 is 23.3 Å². The number of ketones is 1. The highest BCUT2D eigenvalue weighted by molar-refractivity contribution is 6.05. The summed E-state index contributed by atoms with van der Waals surface area (Å²) in [6.45, 7) is 3.46. The van der Waals surface area contributed by atoms with Crippen molar-refractivity contribution in [2.75, 3.05) is 0 Å². The largest absolute Gasteiger partial charge is 0.463 e. The van der Waals surface area contributed by atoms with Crippen molar-refractivity contribution in [3.05, 3.63) is 35.7 Å². The molecule has 7 rings (SSSR count). The molecule has 0 aromatic carbocycles. The molecule has 3 aromatic rings. The van der Waals surface area contributed by atoms with E-state index >= 15 is 0 Å². The van der Waals surface area contributed by atoms with Crippen LogP contribution >= 0.6 is 0 Å². The number of esters is 1. The van der Waals surface area contributed by atoms with Gasteiger partial charge < -0.3 is 13.7 Å². The van der Waals surface area contributed by atoms with E-state index in [2.05, 4.69) is 10.1 Å².